The highest BCUT2D eigenvalue weighted by molar-refractivity contribution is 5.87. The maximum absolute atomic E-state index is 7.26. The Balaban J connectivity index is 1.61. The van der Waals surface area contributed by atoms with Crippen LogP contribution in [-0.2, 0) is 22.7 Å². The lowest BCUT2D eigenvalue weighted by Crippen LogP contribution is -2.59. The van der Waals surface area contributed by atoms with Crippen molar-refractivity contribution in [2.24, 2.45) is 0 Å². The first-order valence-electron chi connectivity index (χ1n) is 15.8. The fourth-order valence-electron chi connectivity index (χ4n) is 6.41. The zero-order valence-corrected chi connectivity index (χ0v) is 27.3. The number of unbranched alkanes of at least 4 members (excludes halogenated alkanes) is 2. The van der Waals surface area contributed by atoms with E-state index in [2.05, 4.69) is 139 Å². The second-order valence-electron chi connectivity index (χ2n) is 15.5. The number of nitrogens with zero attached hydrogens (tertiary/aromatic N) is 2. The standard InChI is InChI=1S/C38H48N2O2/c1-11-12-13-16-25-19-26-23-39-31-17-14-15-18-32(31)40-24-27-21-28(35(2,3)4)22-30(37(8,9)10)34(27)42-38(39,40)41-33(26)29(20-25)36(5,6)7/h14-15,17-24H,11-13,16H2,1-10H3/q+2. The number of rotatable bonds is 4. The monoisotopic (exact) mass is 564 g/mol. The van der Waals surface area contributed by atoms with E-state index < -0.39 is 6.03 Å². The van der Waals surface area contributed by atoms with Crippen molar-refractivity contribution in [1.29, 1.82) is 0 Å². The molecule has 3 aromatic rings. The smallest absolute Gasteiger partial charge is 0.339 e. The van der Waals surface area contributed by atoms with E-state index in [1.54, 1.807) is 0 Å². The minimum Gasteiger partial charge on any atom is -0.339 e. The molecule has 0 fully saturated rings. The molecule has 3 aromatic carbocycles. The molecule has 220 valence electrons. The molecule has 0 N–H and O–H groups in total. The number of hydrogen-bond acceptors (Lipinski definition) is 2. The molecule has 1 unspecified atom stereocenters. The summed E-state index contributed by atoms with van der Waals surface area (Å²) in [6, 6.07) is 16.7. The fraction of sp³-hybridized carbons (Fsp3) is 0.474. The van der Waals surface area contributed by atoms with Crippen LogP contribution < -0.4 is 9.47 Å². The van der Waals surface area contributed by atoms with Crippen molar-refractivity contribution in [1.82, 2.24) is 0 Å². The first-order chi connectivity index (χ1) is 19.6. The first kappa shape index (κ1) is 28.7. The van der Waals surface area contributed by atoms with Crippen molar-refractivity contribution >= 4 is 23.8 Å². The van der Waals surface area contributed by atoms with Gasteiger partial charge in [-0.05, 0) is 61.5 Å². The van der Waals surface area contributed by atoms with Crippen LogP contribution in [0.25, 0.3) is 0 Å². The molecule has 4 nitrogen and oxygen atoms in total. The minimum absolute atomic E-state index is 0.0114. The molecular weight excluding hydrogens is 516 g/mol. The molecule has 4 heteroatoms. The van der Waals surface area contributed by atoms with Gasteiger partial charge in [0.15, 0.2) is 23.9 Å². The minimum atomic E-state index is -1.18. The highest BCUT2D eigenvalue weighted by Crippen LogP contribution is 2.52. The summed E-state index contributed by atoms with van der Waals surface area (Å²) >= 11 is 0. The van der Waals surface area contributed by atoms with Crippen molar-refractivity contribution in [3.05, 3.63) is 81.9 Å². The Kier molecular flexibility index (Phi) is 6.53. The third kappa shape index (κ3) is 4.58. The van der Waals surface area contributed by atoms with Crippen molar-refractivity contribution in [2.45, 2.75) is 117 Å². The Morgan fingerprint density at radius 1 is 0.643 bits per heavy atom. The topological polar surface area (TPSA) is 24.5 Å². The van der Waals surface area contributed by atoms with Gasteiger partial charge in [0.2, 0.25) is 0 Å². The van der Waals surface area contributed by atoms with Gasteiger partial charge in [0.1, 0.15) is 0 Å². The highest BCUT2D eigenvalue weighted by atomic mass is 16.7. The summed E-state index contributed by atoms with van der Waals surface area (Å²) in [5, 5.41) is 0. The number of fused-ring (bicyclic) bond motifs is 5. The van der Waals surface area contributed by atoms with Crippen LogP contribution in [0.15, 0.2) is 48.5 Å². The average molecular weight is 565 g/mol. The van der Waals surface area contributed by atoms with E-state index in [1.807, 2.05) is 0 Å². The Morgan fingerprint density at radius 2 is 1.17 bits per heavy atom. The highest BCUT2D eigenvalue weighted by Gasteiger charge is 2.73. The molecule has 3 aliphatic rings. The number of ether oxygens (including phenoxy) is 2. The van der Waals surface area contributed by atoms with Gasteiger partial charge in [-0.3, -0.25) is 0 Å². The van der Waals surface area contributed by atoms with Crippen LogP contribution in [0.4, 0.5) is 11.4 Å². The molecule has 0 bridgehead atoms. The molecule has 42 heavy (non-hydrogen) atoms. The third-order valence-corrected chi connectivity index (χ3v) is 8.86. The van der Waals surface area contributed by atoms with E-state index in [1.165, 1.54) is 41.5 Å². The molecule has 1 spiro atoms. The van der Waals surface area contributed by atoms with E-state index in [-0.39, 0.29) is 16.2 Å². The van der Waals surface area contributed by atoms with E-state index in [0.717, 1.165) is 40.4 Å². The van der Waals surface area contributed by atoms with Gasteiger partial charge in [-0.25, -0.2) is 0 Å². The Labute approximate surface area is 252 Å². The molecule has 3 aliphatic heterocycles. The first-order valence-corrected chi connectivity index (χ1v) is 15.8. The van der Waals surface area contributed by atoms with E-state index in [0.29, 0.717) is 0 Å². The zero-order chi connectivity index (χ0) is 30.2. The number of benzene rings is 3. The van der Waals surface area contributed by atoms with Crippen LogP contribution in [0.2, 0.25) is 0 Å². The normalized spacial score (nSPS) is 18.9. The summed E-state index contributed by atoms with van der Waals surface area (Å²) < 4.78 is 18.9. The summed E-state index contributed by atoms with van der Waals surface area (Å²) in [5.74, 6) is 1.81. The van der Waals surface area contributed by atoms with Crippen molar-refractivity contribution in [2.75, 3.05) is 0 Å². The maximum Gasteiger partial charge on any atom is 0.715 e. The van der Waals surface area contributed by atoms with E-state index in [4.69, 9.17) is 9.47 Å². The molecule has 0 saturated heterocycles. The number of para-hydroxylation sites is 2. The summed E-state index contributed by atoms with van der Waals surface area (Å²) in [6.07, 6.45) is 9.25. The Hall–Kier alpha value is -3.40. The van der Waals surface area contributed by atoms with Gasteiger partial charge >= 0.3 is 6.03 Å². The molecule has 0 radical (unpaired) electrons. The van der Waals surface area contributed by atoms with Crippen molar-refractivity contribution in [3.63, 3.8) is 0 Å². The van der Waals surface area contributed by atoms with E-state index in [9.17, 15) is 0 Å². The quantitative estimate of drug-likeness (QED) is 0.233. The molecule has 0 aliphatic carbocycles. The van der Waals surface area contributed by atoms with Crippen LogP contribution in [-0.4, -0.2) is 27.6 Å². The van der Waals surface area contributed by atoms with E-state index >= 15 is 0 Å². The molecule has 0 aromatic heterocycles. The molecule has 1 atom stereocenters. The van der Waals surface area contributed by atoms with Gasteiger partial charge in [0.05, 0.1) is 11.1 Å². The van der Waals surface area contributed by atoms with Gasteiger partial charge in [0, 0.05) is 23.3 Å². The van der Waals surface area contributed by atoms with Crippen molar-refractivity contribution < 1.29 is 18.6 Å². The van der Waals surface area contributed by atoms with Gasteiger partial charge in [0.25, 0.3) is 11.4 Å². The van der Waals surface area contributed by atoms with Crippen LogP contribution in [0.5, 0.6) is 11.5 Å². The molecule has 3 heterocycles. The second-order valence-corrected chi connectivity index (χ2v) is 15.5. The summed E-state index contributed by atoms with van der Waals surface area (Å²) in [7, 11) is 0. The van der Waals surface area contributed by atoms with Gasteiger partial charge in [-0.15, -0.1) is 0 Å². The van der Waals surface area contributed by atoms with Gasteiger partial charge < -0.3 is 9.47 Å². The van der Waals surface area contributed by atoms with Gasteiger partial charge in [-0.1, -0.05) is 106 Å². The lowest BCUT2D eigenvalue weighted by atomic mass is 9.79. The third-order valence-electron chi connectivity index (χ3n) is 8.86. The zero-order valence-electron chi connectivity index (χ0n) is 27.3. The van der Waals surface area contributed by atoms with Crippen LogP contribution in [0.3, 0.4) is 0 Å². The number of hydrogen-bond donors (Lipinski definition) is 0. The lowest BCUT2D eigenvalue weighted by molar-refractivity contribution is -0.831. The van der Waals surface area contributed by atoms with Crippen LogP contribution >= 0.6 is 0 Å². The fourth-order valence-corrected chi connectivity index (χ4v) is 6.41. The van der Waals surface area contributed by atoms with Crippen molar-refractivity contribution in [3.8, 4) is 11.5 Å². The number of aryl methyl sites for hydroxylation is 1. The predicted molar refractivity (Wildman–Crippen MR) is 173 cm³/mol. The summed E-state index contributed by atoms with van der Waals surface area (Å²) in [6.45, 7) is 22.7. The van der Waals surface area contributed by atoms with Crippen LogP contribution in [0.1, 0.15) is 122 Å². The molecule has 0 amide bonds. The second kappa shape index (κ2) is 9.56. The van der Waals surface area contributed by atoms with Crippen LogP contribution in [0, 0.1) is 0 Å². The molecule has 6 rings (SSSR count). The maximum atomic E-state index is 7.26. The Morgan fingerprint density at radius 3 is 1.67 bits per heavy atom. The largest absolute Gasteiger partial charge is 0.715 e. The summed E-state index contributed by atoms with van der Waals surface area (Å²) in [5.41, 5.74) is 9.26. The molecule has 0 saturated carbocycles. The SMILES string of the molecule is CCCCCc1cc2c(c(C(C)(C)C)c1)OC13Oc4c(cc(C(C)(C)C)cc4C(C)(C)C)C=[N+]1c1ccccc1[N+]3=C2. The summed E-state index contributed by atoms with van der Waals surface area (Å²) in [4.78, 5) is 0. The lowest BCUT2D eigenvalue weighted by Gasteiger charge is -2.33. The van der Waals surface area contributed by atoms with Gasteiger partial charge in [-0.2, -0.15) is 0 Å². The molecular formula is C38H48N2O2+2. The predicted octanol–water partition coefficient (Wildman–Crippen LogP) is 9.25. The Bertz CT molecular complexity index is 1640. The average Bonchev–Trinajstić information content (AvgIpc) is 3.17.